The van der Waals surface area contributed by atoms with Crippen molar-refractivity contribution in [2.75, 3.05) is 7.11 Å². The number of hydrogen-bond acceptors (Lipinski definition) is 6. The molecule has 0 radical (unpaired) electrons. The van der Waals surface area contributed by atoms with Gasteiger partial charge in [0.25, 0.3) is 0 Å². The molecule has 0 rings (SSSR count). The molecule has 0 amide bonds. The molecule has 6 nitrogen and oxygen atoms in total. The van der Waals surface area contributed by atoms with E-state index in [0.29, 0.717) is 0 Å². The molecule has 0 N–H and O–H groups in total. The van der Waals surface area contributed by atoms with Crippen LogP contribution in [0.2, 0.25) is 0 Å². The number of carbonyl (C=O) groups is 3. The van der Waals surface area contributed by atoms with Crippen LogP contribution in [0.1, 0.15) is 13.8 Å². The van der Waals surface area contributed by atoms with Crippen LogP contribution in [0.5, 0.6) is 0 Å². The van der Waals surface area contributed by atoms with Crippen LogP contribution in [-0.4, -0.2) is 31.3 Å². The lowest BCUT2D eigenvalue weighted by Gasteiger charge is -2.20. The zero-order valence-electron chi connectivity index (χ0n) is 12.9. The second-order valence-corrected chi connectivity index (χ2v) is 4.37. The monoisotopic (exact) mass is 308 g/mol. The molecule has 6 heteroatoms. The fraction of sp³-hybridized carbons (Fsp3) is 0.312. The third-order valence-electron chi connectivity index (χ3n) is 2.31. The Morgan fingerprint density at radius 2 is 1.59 bits per heavy atom. The Kier molecular flexibility index (Phi) is 8.94. The van der Waals surface area contributed by atoms with Crippen molar-refractivity contribution >= 4 is 17.9 Å². The van der Waals surface area contributed by atoms with Crippen molar-refractivity contribution in [1.82, 2.24) is 0 Å². The predicted molar refractivity (Wildman–Crippen MR) is 80.4 cm³/mol. The molecule has 0 aliphatic rings. The van der Waals surface area contributed by atoms with E-state index in [-0.39, 0.29) is 11.5 Å². The Bertz CT molecular complexity index is 499. The molecule has 0 bridgehead atoms. The van der Waals surface area contributed by atoms with Crippen molar-refractivity contribution in [1.29, 1.82) is 0 Å². The molecule has 0 heterocycles. The zero-order valence-corrected chi connectivity index (χ0v) is 12.9. The predicted octanol–water partition coefficient (Wildman–Crippen LogP) is 2.08. The Morgan fingerprint density at radius 1 is 1.00 bits per heavy atom. The number of allylic oxidation sites excluding steroid dienone is 2. The second-order valence-electron chi connectivity index (χ2n) is 4.37. The summed E-state index contributed by atoms with van der Waals surface area (Å²) in [6.07, 6.45) is 4.84. The molecule has 0 spiro atoms. The van der Waals surface area contributed by atoms with Crippen LogP contribution in [0.4, 0.5) is 0 Å². The maximum absolute atomic E-state index is 11.9. The highest BCUT2D eigenvalue weighted by atomic mass is 16.7. The van der Waals surface area contributed by atoms with E-state index in [2.05, 4.69) is 17.9 Å². The standard InChI is InChI=1S/C16H20O6/c1-6-8-12(7-2)15(19)22-16(11(3)4)21-14(18)10-9-13(17)20-5/h6-11,16H,1-2H2,3-5H3/b10-9+,12-8+. The number of methoxy groups -OCH3 is 1. The topological polar surface area (TPSA) is 78.9 Å². The van der Waals surface area contributed by atoms with E-state index < -0.39 is 24.2 Å². The van der Waals surface area contributed by atoms with E-state index in [1.807, 2.05) is 0 Å². The minimum absolute atomic E-state index is 0.182. The Labute approximate surface area is 129 Å². The summed E-state index contributed by atoms with van der Waals surface area (Å²) in [4.78, 5) is 34.3. The van der Waals surface area contributed by atoms with Crippen LogP contribution < -0.4 is 0 Å². The molecular formula is C16H20O6. The van der Waals surface area contributed by atoms with Gasteiger partial charge < -0.3 is 14.2 Å². The molecule has 22 heavy (non-hydrogen) atoms. The first-order valence-corrected chi connectivity index (χ1v) is 6.48. The lowest BCUT2D eigenvalue weighted by Crippen LogP contribution is -2.29. The lowest BCUT2D eigenvalue weighted by molar-refractivity contribution is -0.189. The van der Waals surface area contributed by atoms with Crippen LogP contribution in [0, 0.1) is 5.92 Å². The summed E-state index contributed by atoms with van der Waals surface area (Å²) in [5.41, 5.74) is 0.182. The van der Waals surface area contributed by atoms with Gasteiger partial charge in [-0.25, -0.2) is 14.4 Å². The van der Waals surface area contributed by atoms with Crippen LogP contribution >= 0.6 is 0 Å². The van der Waals surface area contributed by atoms with Gasteiger partial charge in [-0.2, -0.15) is 0 Å². The molecule has 0 aromatic rings. The molecule has 0 aliphatic carbocycles. The van der Waals surface area contributed by atoms with E-state index in [1.165, 1.54) is 25.3 Å². The first-order valence-electron chi connectivity index (χ1n) is 6.48. The van der Waals surface area contributed by atoms with E-state index in [0.717, 1.165) is 12.2 Å². The normalized spacial score (nSPS) is 12.6. The Balaban J connectivity index is 4.85. The van der Waals surface area contributed by atoms with Gasteiger partial charge in [0.2, 0.25) is 6.29 Å². The highest BCUT2D eigenvalue weighted by Gasteiger charge is 2.23. The van der Waals surface area contributed by atoms with E-state index in [1.54, 1.807) is 13.8 Å². The summed E-state index contributed by atoms with van der Waals surface area (Å²) in [6, 6.07) is 0. The van der Waals surface area contributed by atoms with Crippen LogP contribution in [0.3, 0.4) is 0 Å². The summed E-state index contributed by atoms with van der Waals surface area (Å²) in [5, 5.41) is 0. The minimum atomic E-state index is -1.10. The van der Waals surface area contributed by atoms with Gasteiger partial charge in [0, 0.05) is 18.1 Å². The maximum atomic E-state index is 11.9. The average Bonchev–Trinajstić information content (AvgIpc) is 2.49. The van der Waals surface area contributed by atoms with Crippen molar-refractivity contribution in [3.8, 4) is 0 Å². The van der Waals surface area contributed by atoms with Crippen LogP contribution in [0.25, 0.3) is 0 Å². The molecule has 1 atom stereocenters. The van der Waals surface area contributed by atoms with Crippen molar-refractivity contribution in [3.05, 3.63) is 49.1 Å². The van der Waals surface area contributed by atoms with Crippen molar-refractivity contribution < 1.29 is 28.6 Å². The van der Waals surface area contributed by atoms with Crippen molar-refractivity contribution in [3.63, 3.8) is 0 Å². The largest absolute Gasteiger partial charge is 0.466 e. The molecule has 0 saturated carbocycles. The molecule has 0 fully saturated rings. The molecule has 0 aromatic carbocycles. The number of carbonyl (C=O) groups excluding carboxylic acids is 3. The SMILES string of the molecule is C=C/C=C(\C=C)C(=O)OC(OC(=O)/C=C/C(=O)OC)C(C)C. The average molecular weight is 308 g/mol. The molecular weight excluding hydrogens is 288 g/mol. The highest BCUT2D eigenvalue weighted by Crippen LogP contribution is 2.12. The van der Waals surface area contributed by atoms with E-state index in [9.17, 15) is 14.4 Å². The van der Waals surface area contributed by atoms with Gasteiger partial charge >= 0.3 is 17.9 Å². The number of hydrogen-bond donors (Lipinski definition) is 0. The van der Waals surface area contributed by atoms with Gasteiger partial charge in [-0.05, 0) is 6.08 Å². The van der Waals surface area contributed by atoms with E-state index in [4.69, 9.17) is 9.47 Å². The zero-order chi connectivity index (χ0) is 17.1. The summed E-state index contributed by atoms with van der Waals surface area (Å²) in [7, 11) is 1.18. The number of ether oxygens (including phenoxy) is 3. The third-order valence-corrected chi connectivity index (χ3v) is 2.31. The van der Waals surface area contributed by atoms with Gasteiger partial charge in [-0.1, -0.05) is 39.2 Å². The van der Waals surface area contributed by atoms with E-state index >= 15 is 0 Å². The molecule has 0 aromatic heterocycles. The van der Waals surface area contributed by atoms with Gasteiger partial charge in [0.05, 0.1) is 12.7 Å². The Morgan fingerprint density at radius 3 is 2.05 bits per heavy atom. The smallest absolute Gasteiger partial charge is 0.341 e. The van der Waals surface area contributed by atoms with Gasteiger partial charge in [-0.15, -0.1) is 0 Å². The van der Waals surface area contributed by atoms with Crippen molar-refractivity contribution in [2.45, 2.75) is 20.1 Å². The number of rotatable bonds is 8. The van der Waals surface area contributed by atoms with Crippen LogP contribution in [-0.2, 0) is 28.6 Å². The summed E-state index contributed by atoms with van der Waals surface area (Å²) >= 11 is 0. The Hall–Kier alpha value is -2.63. The van der Waals surface area contributed by atoms with Gasteiger partial charge in [0.15, 0.2) is 0 Å². The summed E-state index contributed by atoms with van der Waals surface area (Å²) in [5.74, 6) is -2.50. The molecule has 1 unspecified atom stereocenters. The first-order chi connectivity index (χ1) is 10.3. The van der Waals surface area contributed by atoms with Crippen LogP contribution in [0.15, 0.2) is 49.1 Å². The summed E-state index contributed by atoms with van der Waals surface area (Å²) in [6.45, 7) is 10.4. The lowest BCUT2D eigenvalue weighted by atomic mass is 10.2. The maximum Gasteiger partial charge on any atom is 0.341 e. The second kappa shape index (κ2) is 10.1. The fourth-order valence-electron chi connectivity index (χ4n) is 1.17. The fourth-order valence-corrected chi connectivity index (χ4v) is 1.17. The molecule has 120 valence electrons. The number of esters is 3. The first kappa shape index (κ1) is 19.4. The highest BCUT2D eigenvalue weighted by molar-refractivity contribution is 5.93. The summed E-state index contributed by atoms with van der Waals surface area (Å²) < 4.78 is 14.4. The minimum Gasteiger partial charge on any atom is -0.466 e. The van der Waals surface area contributed by atoms with Gasteiger partial charge in [-0.3, -0.25) is 0 Å². The quantitative estimate of drug-likeness (QED) is 0.296. The molecule has 0 saturated heterocycles. The van der Waals surface area contributed by atoms with Crippen molar-refractivity contribution in [2.24, 2.45) is 5.92 Å². The third kappa shape index (κ3) is 7.23. The van der Waals surface area contributed by atoms with Gasteiger partial charge in [0.1, 0.15) is 0 Å². The molecule has 0 aliphatic heterocycles.